The molecule has 10 aromatic rings. The first-order valence-electron chi connectivity index (χ1n) is 42.4. The van der Waals surface area contributed by atoms with Crippen molar-refractivity contribution in [3.8, 4) is 0 Å². The van der Waals surface area contributed by atoms with E-state index in [0.717, 1.165) is 102 Å². The number of aldehydes is 2. The van der Waals surface area contributed by atoms with Gasteiger partial charge in [0.2, 0.25) is 0 Å². The number of benzene rings is 5. The minimum atomic E-state index is -2.13. The zero-order valence-corrected chi connectivity index (χ0v) is 91.9. The van der Waals surface area contributed by atoms with Gasteiger partial charge in [0.05, 0.1) is 129 Å². The van der Waals surface area contributed by atoms with E-state index in [1.54, 1.807) is 59.1 Å². The second-order valence-electron chi connectivity index (χ2n) is 34.3. The predicted molar refractivity (Wildman–Crippen MR) is 535 cm³/mol. The molecule has 17 nitrogen and oxygen atoms in total. The molecule has 4 unspecified atom stereocenters. The van der Waals surface area contributed by atoms with Crippen LogP contribution in [0.3, 0.4) is 0 Å². The third kappa shape index (κ3) is 35.4. The maximum absolute atomic E-state index is 11.9. The molecule has 5 saturated heterocycles. The van der Waals surface area contributed by atoms with Crippen LogP contribution >= 0.6 is 131 Å². The maximum atomic E-state index is 11.9. The average Bonchev–Trinajstić information content (AvgIpc) is 1.57. The fourth-order valence-corrected chi connectivity index (χ4v) is 21.9. The van der Waals surface area contributed by atoms with E-state index in [-0.39, 0.29) is 123 Å². The number of alkyl halides is 1. The summed E-state index contributed by atoms with van der Waals surface area (Å²) in [5.41, 5.74) is 8.20. The number of aliphatic hydroxyl groups excluding tert-OH is 2. The molecule has 130 heavy (non-hydrogen) atoms. The van der Waals surface area contributed by atoms with Crippen molar-refractivity contribution in [2.24, 2.45) is 0 Å². The summed E-state index contributed by atoms with van der Waals surface area (Å²) < 4.78 is 92.5. The van der Waals surface area contributed by atoms with Crippen LogP contribution in [0.2, 0.25) is 79.5 Å². The molecule has 0 aliphatic carbocycles. The molecule has 0 bridgehead atoms. The molecule has 699 valence electrons. The summed E-state index contributed by atoms with van der Waals surface area (Å²) in [6, 6.07) is 47.6. The average molecular weight is 2100 g/mol. The topological polar surface area (TPSA) is 195 Å². The van der Waals surface area contributed by atoms with Gasteiger partial charge in [-0.25, -0.2) is 0 Å². The van der Waals surface area contributed by atoms with Gasteiger partial charge in [-0.3, -0.25) is 14.0 Å². The van der Waals surface area contributed by atoms with Gasteiger partial charge in [0.15, 0.2) is 62.7 Å². The van der Waals surface area contributed by atoms with Crippen molar-refractivity contribution in [2.45, 2.75) is 199 Å². The summed E-state index contributed by atoms with van der Waals surface area (Å²) in [7, 11) is -7.19. The van der Waals surface area contributed by atoms with E-state index < -0.39 is 44.5 Å². The molecule has 5 aromatic carbocycles. The van der Waals surface area contributed by atoms with Crippen LogP contribution in [0.25, 0.3) is 0 Å². The standard InChI is InChI=1S/C21H29ClO4SSi.C21H27ClO4SSi.C20H27ClO3SSi.C14H13ClO3S.C7H7BrO2S.C7H5ClO.C4H9.CH3F.B.Li.Na.H/c2*1-21(2,3)28(4,5)26-19(14-7-6-8-15(22)11-14)16-12-17(27-18(16)13-23)20-24-9-10-25-20;1-20(2,3)26(4,5)24-18(14-7-6-8-16(21)11-14)15-12-17(25-13-15)19-22-9-10-23-19;15-11-3-1-2-9(6-11)13(16)10-7-12(19-8-10)14-17-4-5-18-14;8-5-3-6(11-4-5)7-9-1-2-10-7;8-7-3-1-2-6(4-7)5-9;1-3-4-2;1-2;;;;/h6-8,11-12,19-20,23H,9-10,13H2,1-5H3;6-8,11-13,19-20H,9-10H2,1-5H3;6-8,11-13,18-19H,9-10H2,1-5H3;1-3,6-8,13-14,16H,4-5H2;3-4,7H,1-2H2;1-5H;1,3-4H2,2H3;1H3;;;;/q;;;;;;-1;;;2*+1;-1/i;;;;;;;1D;;;;. The molecule has 4 atom stereocenters. The molecule has 5 aliphatic rings. The van der Waals surface area contributed by atoms with E-state index >= 15 is 0 Å². The van der Waals surface area contributed by atoms with Crippen molar-refractivity contribution in [2.75, 3.05) is 73.2 Å². The Morgan fingerprint density at radius 2 is 0.785 bits per heavy atom. The number of unbranched alkanes of at least 4 members (excludes halogenated alkanes) is 1. The van der Waals surface area contributed by atoms with Gasteiger partial charge >= 0.3 is 48.4 Å². The van der Waals surface area contributed by atoms with Crippen molar-refractivity contribution >= 4 is 177 Å². The molecular formula is C95H121BBrCl5FLiNaO17S5Si3. The Morgan fingerprint density at radius 3 is 1.12 bits per heavy atom. The van der Waals surface area contributed by atoms with Crippen LogP contribution in [-0.4, -0.2) is 129 Å². The number of carbonyl (C=O) groups excluding carboxylic acids is 2. The van der Waals surface area contributed by atoms with Crippen LogP contribution in [0.1, 0.15) is 235 Å². The number of halogens is 7. The van der Waals surface area contributed by atoms with Crippen LogP contribution in [0.5, 0.6) is 0 Å². The van der Waals surface area contributed by atoms with E-state index in [9.17, 15) is 24.2 Å². The quantitative estimate of drug-likeness (QED) is 0.0348. The fraction of sp³-hybridized carbons (Fsp3) is 0.442. The smallest absolute Gasteiger partial charge is 1.00 e. The third-order valence-corrected chi connectivity index (χ3v) is 42.3. The second kappa shape index (κ2) is 56.7. The van der Waals surface area contributed by atoms with Gasteiger partial charge in [-0.05, 0) is 205 Å². The number of hydrogen-bond acceptors (Lipinski definition) is 22. The number of aliphatic hydroxyl groups is 2. The molecule has 5 aromatic heterocycles. The number of thiophene rings is 5. The molecule has 10 heterocycles. The molecule has 0 saturated carbocycles. The number of ether oxygens (including phenoxy) is 10. The summed E-state index contributed by atoms with van der Waals surface area (Å²) in [4.78, 5) is 28.5. The first-order valence-corrected chi connectivity index (χ1v) is 57.3. The minimum Gasteiger partial charge on any atom is -1.00 e. The van der Waals surface area contributed by atoms with Crippen molar-refractivity contribution < 1.29 is 136 Å². The van der Waals surface area contributed by atoms with E-state index in [2.05, 4.69) is 155 Å². The number of carbonyl (C=O) groups is 2. The van der Waals surface area contributed by atoms with Gasteiger partial charge in [0.1, 0.15) is 12.4 Å². The van der Waals surface area contributed by atoms with E-state index in [0.29, 0.717) is 96.6 Å². The van der Waals surface area contributed by atoms with Crippen molar-refractivity contribution in [1.82, 2.24) is 0 Å². The largest absolute Gasteiger partial charge is 1.00 e. The summed E-state index contributed by atoms with van der Waals surface area (Å²) >= 11 is 41.5. The Labute approximate surface area is 864 Å². The number of rotatable bonds is 23. The summed E-state index contributed by atoms with van der Waals surface area (Å²) in [5.74, 6) is 0. The number of hydrogen-bond donors (Lipinski definition) is 2. The van der Waals surface area contributed by atoms with Gasteiger partial charge in [-0.1, -0.05) is 194 Å². The predicted octanol–water partition coefficient (Wildman–Crippen LogP) is 23.2. The third-order valence-electron chi connectivity index (χ3n) is 21.9. The molecular weight excluding hydrogens is 1970 g/mol. The zero-order chi connectivity index (χ0) is 93.7. The Hall–Kier alpha value is -2.49. The van der Waals surface area contributed by atoms with Gasteiger partial charge in [0.25, 0.3) is 0 Å². The summed E-state index contributed by atoms with van der Waals surface area (Å²) in [6.45, 7) is 45.4. The molecule has 3 radical (unpaired) electrons. The molecule has 15 rings (SSSR count). The summed E-state index contributed by atoms with van der Waals surface area (Å²) in [6.07, 6.45) is 1.03. The van der Waals surface area contributed by atoms with Crippen molar-refractivity contribution in [1.29, 1.82) is 0 Å². The van der Waals surface area contributed by atoms with E-state index in [4.69, 9.17) is 120 Å². The Kier molecular flexibility index (Phi) is 50.7. The normalized spacial score (nSPS) is 16.2. The molecule has 0 amide bonds. The summed E-state index contributed by atoms with van der Waals surface area (Å²) in [5, 5.41) is 30.0. The van der Waals surface area contributed by atoms with Crippen molar-refractivity contribution in [3.63, 3.8) is 0 Å². The molecule has 2 N–H and O–H groups in total. The first-order chi connectivity index (χ1) is 60.7. The van der Waals surface area contributed by atoms with Crippen LogP contribution < -0.4 is 48.4 Å². The van der Waals surface area contributed by atoms with Crippen LogP contribution in [0, 0.1) is 6.92 Å². The second-order valence-corrected chi connectivity index (χ2v) is 56.8. The first kappa shape index (κ1) is 116. The van der Waals surface area contributed by atoms with Crippen molar-refractivity contribution in [3.05, 3.63) is 289 Å². The molecule has 35 heteroatoms. The van der Waals surface area contributed by atoms with Gasteiger partial charge in [-0.15, -0.1) is 56.7 Å². The van der Waals surface area contributed by atoms with E-state index in [1.165, 1.54) is 40.4 Å². The molecule has 5 fully saturated rings. The maximum Gasteiger partial charge on any atom is 1.00 e. The minimum absolute atomic E-state index is 0. The SMILES string of the molecule is Brc1csc(C2OCCO2)c1.CC(C)(C)[Si](C)(C)OC(c1cccc(Cl)c1)c1cc(C2OCCO2)sc1C=O.CC(C)(C)[Si](C)(C)OC(c1cccc(Cl)c1)c1cc(C2OCCO2)sc1CO.CC(C)(C)[Si](C)(C)OC(c1cccc(Cl)c1)c1csc(C2OCCO2)c1.O=Cc1cccc(Cl)c1.OC(c1cccc(Cl)c1)c1csc(C2OCCO2)c1.[2H]CF.[B].[CH2-]CCC.[H-].[Li+].[Na+]. The fourth-order valence-electron chi connectivity index (χ4n) is 11.9. The van der Waals surface area contributed by atoms with Crippen LogP contribution in [-0.2, 0) is 67.3 Å². The Morgan fingerprint density at radius 1 is 0.477 bits per heavy atom. The zero-order valence-electron chi connectivity index (χ0n) is 79.4. The Balaban J connectivity index is 0.000000334. The van der Waals surface area contributed by atoms with Gasteiger partial charge in [0, 0.05) is 64.9 Å². The monoisotopic (exact) mass is 2090 g/mol. The van der Waals surface area contributed by atoms with Gasteiger partial charge < -0.3 is 79.2 Å². The van der Waals surface area contributed by atoms with Crippen LogP contribution in [0.15, 0.2) is 172 Å². The van der Waals surface area contributed by atoms with Crippen LogP contribution in [0.4, 0.5) is 4.39 Å². The molecule has 5 aliphatic heterocycles. The van der Waals surface area contributed by atoms with E-state index in [1.807, 2.05) is 108 Å². The Bertz CT molecular complexity index is 5040. The van der Waals surface area contributed by atoms with Gasteiger partial charge in [-0.2, -0.15) is 6.42 Å². The molecule has 0 spiro atoms.